The molecule has 0 unspecified atom stereocenters. The highest BCUT2D eigenvalue weighted by Gasteiger charge is 2.37. The SMILES string of the molecule is CC1(C)C(c2cnccn2)=Nc2ccc(C3=NNC(=O)CC3)cc21. The number of amides is 1. The van der Waals surface area contributed by atoms with Crippen LogP contribution in [0.25, 0.3) is 0 Å². The van der Waals surface area contributed by atoms with E-state index in [-0.39, 0.29) is 11.3 Å². The summed E-state index contributed by atoms with van der Waals surface area (Å²) in [6.07, 6.45) is 6.21. The van der Waals surface area contributed by atoms with Crippen LogP contribution in [0, 0.1) is 0 Å². The van der Waals surface area contributed by atoms with E-state index >= 15 is 0 Å². The third kappa shape index (κ3) is 2.31. The van der Waals surface area contributed by atoms with E-state index in [1.807, 2.05) is 12.1 Å². The highest BCUT2D eigenvalue weighted by atomic mass is 16.2. The second-order valence-corrected chi connectivity index (χ2v) is 6.50. The summed E-state index contributed by atoms with van der Waals surface area (Å²) in [4.78, 5) is 24.6. The van der Waals surface area contributed by atoms with Crippen molar-refractivity contribution in [3.05, 3.63) is 53.6 Å². The molecule has 1 amide bonds. The van der Waals surface area contributed by atoms with Crippen LogP contribution in [-0.4, -0.2) is 27.3 Å². The number of carbonyl (C=O) groups excluding carboxylic acids is 1. The predicted octanol–water partition coefficient (Wildman–Crippen LogP) is 2.50. The van der Waals surface area contributed by atoms with E-state index < -0.39 is 0 Å². The quantitative estimate of drug-likeness (QED) is 0.923. The lowest BCUT2D eigenvalue weighted by atomic mass is 9.79. The van der Waals surface area contributed by atoms with E-state index in [0.29, 0.717) is 12.8 Å². The van der Waals surface area contributed by atoms with Crippen LogP contribution in [0.15, 0.2) is 46.9 Å². The second-order valence-electron chi connectivity index (χ2n) is 6.50. The molecule has 3 heterocycles. The number of nitrogens with one attached hydrogen (secondary N) is 1. The molecule has 6 nitrogen and oxygen atoms in total. The summed E-state index contributed by atoms with van der Waals surface area (Å²) in [5.74, 6) is -0.0338. The maximum Gasteiger partial charge on any atom is 0.240 e. The molecule has 1 N–H and O–H groups in total. The van der Waals surface area contributed by atoms with Crippen molar-refractivity contribution < 1.29 is 4.79 Å². The fraction of sp³-hybridized carbons (Fsp3) is 0.278. The predicted molar refractivity (Wildman–Crippen MR) is 91.6 cm³/mol. The maximum atomic E-state index is 11.3. The van der Waals surface area contributed by atoms with E-state index in [0.717, 1.165) is 33.9 Å². The lowest BCUT2D eigenvalue weighted by Gasteiger charge is -2.22. The summed E-state index contributed by atoms with van der Waals surface area (Å²) in [5.41, 5.74) is 8.02. The summed E-state index contributed by atoms with van der Waals surface area (Å²) in [7, 11) is 0. The van der Waals surface area contributed by atoms with Gasteiger partial charge in [0.15, 0.2) is 0 Å². The Hall–Kier alpha value is -2.89. The Balaban J connectivity index is 1.74. The van der Waals surface area contributed by atoms with Crippen LogP contribution in [0.5, 0.6) is 0 Å². The van der Waals surface area contributed by atoms with Gasteiger partial charge in [0.2, 0.25) is 5.91 Å². The largest absolute Gasteiger partial charge is 0.273 e. The van der Waals surface area contributed by atoms with Crippen LogP contribution >= 0.6 is 0 Å². The number of aromatic nitrogens is 2. The van der Waals surface area contributed by atoms with Crippen molar-refractivity contribution >= 4 is 23.0 Å². The number of benzene rings is 1. The lowest BCUT2D eigenvalue weighted by Crippen LogP contribution is -2.28. The zero-order valence-electron chi connectivity index (χ0n) is 13.6. The van der Waals surface area contributed by atoms with Crippen LogP contribution in [0.2, 0.25) is 0 Å². The number of hydrazone groups is 1. The smallest absolute Gasteiger partial charge is 0.240 e. The van der Waals surface area contributed by atoms with E-state index in [1.54, 1.807) is 18.6 Å². The number of carbonyl (C=O) groups is 1. The molecule has 0 spiro atoms. The zero-order chi connectivity index (χ0) is 16.7. The molecule has 4 rings (SSSR count). The van der Waals surface area contributed by atoms with Gasteiger partial charge in [-0.05, 0) is 37.1 Å². The van der Waals surface area contributed by atoms with Crippen LogP contribution in [0.3, 0.4) is 0 Å². The average Bonchev–Trinajstić information content (AvgIpc) is 2.87. The summed E-state index contributed by atoms with van der Waals surface area (Å²) in [6, 6.07) is 6.14. The minimum Gasteiger partial charge on any atom is -0.273 e. The minimum absolute atomic E-state index is 0.0338. The first kappa shape index (κ1) is 14.7. The molecule has 0 aliphatic carbocycles. The highest BCUT2D eigenvalue weighted by molar-refractivity contribution is 6.12. The summed E-state index contributed by atoms with van der Waals surface area (Å²) in [6.45, 7) is 4.28. The molecule has 24 heavy (non-hydrogen) atoms. The Morgan fingerprint density at radius 1 is 1.17 bits per heavy atom. The van der Waals surface area contributed by atoms with Crippen molar-refractivity contribution in [2.45, 2.75) is 32.1 Å². The van der Waals surface area contributed by atoms with Crippen molar-refractivity contribution in [2.75, 3.05) is 0 Å². The molecule has 0 saturated carbocycles. The Morgan fingerprint density at radius 3 is 2.75 bits per heavy atom. The van der Waals surface area contributed by atoms with E-state index in [4.69, 9.17) is 4.99 Å². The fourth-order valence-corrected chi connectivity index (χ4v) is 3.18. The Bertz CT molecular complexity index is 884. The van der Waals surface area contributed by atoms with Gasteiger partial charge in [-0.1, -0.05) is 6.07 Å². The number of hydrogen-bond acceptors (Lipinski definition) is 5. The van der Waals surface area contributed by atoms with Gasteiger partial charge in [0.05, 0.1) is 23.3 Å². The molecule has 1 aromatic heterocycles. The summed E-state index contributed by atoms with van der Waals surface area (Å²) >= 11 is 0. The average molecular weight is 319 g/mol. The van der Waals surface area contributed by atoms with Crippen molar-refractivity contribution in [1.82, 2.24) is 15.4 Å². The number of aliphatic imine (C=N–C) groups is 1. The van der Waals surface area contributed by atoms with Crippen LogP contribution < -0.4 is 5.43 Å². The molecule has 2 aromatic rings. The maximum absolute atomic E-state index is 11.3. The Labute approximate surface area is 139 Å². The molecule has 0 saturated heterocycles. The first-order valence-corrected chi connectivity index (χ1v) is 7.91. The standard InChI is InChI=1S/C18H17N5O/c1-18(2)12-9-11(13-5-6-16(24)23-22-13)3-4-14(12)21-17(18)15-10-19-7-8-20-15/h3-4,7-10H,5-6H2,1-2H3,(H,23,24). The molecular formula is C18H17N5O. The van der Waals surface area contributed by atoms with Crippen molar-refractivity contribution in [1.29, 1.82) is 0 Å². The van der Waals surface area contributed by atoms with Gasteiger partial charge >= 0.3 is 0 Å². The third-order valence-electron chi connectivity index (χ3n) is 4.54. The van der Waals surface area contributed by atoms with E-state index in [1.165, 1.54) is 0 Å². The van der Waals surface area contributed by atoms with Gasteiger partial charge in [-0.15, -0.1) is 0 Å². The molecule has 2 aliphatic heterocycles. The first-order valence-electron chi connectivity index (χ1n) is 7.91. The molecule has 0 atom stereocenters. The molecule has 6 heteroatoms. The molecular weight excluding hydrogens is 302 g/mol. The summed E-state index contributed by atoms with van der Waals surface area (Å²) in [5, 5.41) is 4.19. The second kappa shape index (κ2) is 5.33. The lowest BCUT2D eigenvalue weighted by molar-refractivity contribution is -0.121. The molecule has 120 valence electrons. The fourth-order valence-electron chi connectivity index (χ4n) is 3.18. The highest BCUT2D eigenvalue weighted by Crippen LogP contribution is 2.42. The van der Waals surface area contributed by atoms with E-state index in [2.05, 4.69) is 40.4 Å². The number of hydrogen-bond donors (Lipinski definition) is 1. The zero-order valence-corrected chi connectivity index (χ0v) is 13.6. The van der Waals surface area contributed by atoms with Gasteiger partial charge in [-0.25, -0.2) is 10.4 Å². The molecule has 0 radical (unpaired) electrons. The van der Waals surface area contributed by atoms with Gasteiger partial charge in [-0.2, -0.15) is 5.10 Å². The molecule has 1 aromatic carbocycles. The molecule has 2 aliphatic rings. The van der Waals surface area contributed by atoms with Gasteiger partial charge in [0.25, 0.3) is 0 Å². The number of nitrogens with zero attached hydrogens (tertiary/aromatic N) is 4. The molecule has 0 bridgehead atoms. The van der Waals surface area contributed by atoms with Crippen molar-refractivity contribution in [3.63, 3.8) is 0 Å². The van der Waals surface area contributed by atoms with Gasteiger partial charge in [0, 0.05) is 30.7 Å². The monoisotopic (exact) mass is 319 g/mol. The minimum atomic E-state index is -0.264. The van der Waals surface area contributed by atoms with Crippen LogP contribution in [0.1, 0.15) is 43.5 Å². The Morgan fingerprint density at radius 2 is 2.04 bits per heavy atom. The van der Waals surface area contributed by atoms with Crippen molar-refractivity contribution in [2.24, 2.45) is 10.1 Å². The van der Waals surface area contributed by atoms with Crippen molar-refractivity contribution in [3.8, 4) is 0 Å². The van der Waals surface area contributed by atoms with E-state index in [9.17, 15) is 4.79 Å². The summed E-state index contributed by atoms with van der Waals surface area (Å²) < 4.78 is 0. The van der Waals surface area contributed by atoms with Crippen LogP contribution in [0.4, 0.5) is 5.69 Å². The third-order valence-corrected chi connectivity index (χ3v) is 4.54. The van der Waals surface area contributed by atoms with Gasteiger partial charge in [0.1, 0.15) is 5.69 Å². The van der Waals surface area contributed by atoms with Crippen LogP contribution in [-0.2, 0) is 10.2 Å². The molecule has 0 fully saturated rings. The normalized spacial score (nSPS) is 18.5. The topological polar surface area (TPSA) is 79.6 Å². The van der Waals surface area contributed by atoms with Gasteiger partial charge in [-0.3, -0.25) is 14.8 Å². The first-order chi connectivity index (χ1) is 11.6. The van der Waals surface area contributed by atoms with Gasteiger partial charge < -0.3 is 0 Å². The Kier molecular flexibility index (Phi) is 3.26. The number of rotatable bonds is 2. The number of fused-ring (bicyclic) bond motifs is 1.